The minimum Gasteiger partial charge on any atom is -0.406 e. The van der Waals surface area contributed by atoms with Crippen molar-refractivity contribution in [2.75, 3.05) is 0 Å². The molecule has 0 aliphatic heterocycles. The summed E-state index contributed by atoms with van der Waals surface area (Å²) in [6, 6.07) is 12.0. The van der Waals surface area contributed by atoms with Gasteiger partial charge >= 0.3 is 6.36 Å². The van der Waals surface area contributed by atoms with E-state index in [1.165, 1.54) is 12.1 Å². The minimum atomic E-state index is -4.77. The second-order valence-corrected chi connectivity index (χ2v) is 4.46. The van der Waals surface area contributed by atoms with Crippen molar-refractivity contribution in [2.45, 2.75) is 19.7 Å². The molecule has 0 aliphatic rings. The Morgan fingerprint density at radius 2 is 1.71 bits per heavy atom. The third kappa shape index (κ3) is 4.08. The van der Waals surface area contributed by atoms with Crippen molar-refractivity contribution in [1.82, 2.24) is 0 Å². The fourth-order valence-electron chi connectivity index (χ4n) is 1.89. The van der Waals surface area contributed by atoms with E-state index in [2.05, 4.69) is 4.74 Å². The Balaban J connectivity index is 2.24. The van der Waals surface area contributed by atoms with Crippen molar-refractivity contribution in [3.05, 3.63) is 65.2 Å². The number of carbonyl (C=O) groups excluding carboxylic acids is 1. The van der Waals surface area contributed by atoms with E-state index in [0.717, 1.165) is 24.1 Å². The zero-order chi connectivity index (χ0) is 15.5. The van der Waals surface area contributed by atoms with Gasteiger partial charge in [0.2, 0.25) is 0 Å². The molecule has 2 aromatic carbocycles. The van der Waals surface area contributed by atoms with Crippen LogP contribution >= 0.6 is 0 Å². The normalized spacial score (nSPS) is 11.2. The largest absolute Gasteiger partial charge is 0.573 e. The van der Waals surface area contributed by atoms with Gasteiger partial charge in [0.05, 0.1) is 0 Å². The van der Waals surface area contributed by atoms with E-state index in [1.54, 1.807) is 12.1 Å². The van der Waals surface area contributed by atoms with Gasteiger partial charge in [-0.3, -0.25) is 4.79 Å². The van der Waals surface area contributed by atoms with Crippen LogP contribution in [0.3, 0.4) is 0 Å². The predicted molar refractivity (Wildman–Crippen MR) is 72.4 cm³/mol. The lowest BCUT2D eigenvalue weighted by Gasteiger charge is -2.09. The zero-order valence-corrected chi connectivity index (χ0v) is 11.3. The first-order chi connectivity index (χ1) is 9.89. The van der Waals surface area contributed by atoms with E-state index in [1.807, 2.05) is 19.1 Å². The molecule has 0 saturated carbocycles. The van der Waals surface area contributed by atoms with Gasteiger partial charge in [-0.2, -0.15) is 0 Å². The van der Waals surface area contributed by atoms with E-state index in [9.17, 15) is 18.0 Å². The lowest BCUT2D eigenvalue weighted by atomic mass is 10.0. The van der Waals surface area contributed by atoms with Crippen LogP contribution in [0.5, 0.6) is 5.75 Å². The van der Waals surface area contributed by atoms with Gasteiger partial charge in [0.1, 0.15) is 5.75 Å². The zero-order valence-electron chi connectivity index (χ0n) is 11.3. The third-order valence-electron chi connectivity index (χ3n) is 2.95. The van der Waals surface area contributed by atoms with Crippen molar-refractivity contribution in [2.24, 2.45) is 0 Å². The van der Waals surface area contributed by atoms with Crippen LogP contribution < -0.4 is 4.74 Å². The Morgan fingerprint density at radius 3 is 2.29 bits per heavy atom. The molecule has 0 N–H and O–H groups in total. The smallest absolute Gasteiger partial charge is 0.406 e. The fourth-order valence-corrected chi connectivity index (χ4v) is 1.89. The van der Waals surface area contributed by atoms with E-state index in [0.29, 0.717) is 5.56 Å². The molecule has 0 aliphatic carbocycles. The van der Waals surface area contributed by atoms with E-state index in [-0.39, 0.29) is 11.3 Å². The second kappa shape index (κ2) is 5.99. The maximum atomic E-state index is 12.2. The monoisotopic (exact) mass is 294 g/mol. The van der Waals surface area contributed by atoms with Crippen molar-refractivity contribution in [3.8, 4) is 5.75 Å². The summed E-state index contributed by atoms with van der Waals surface area (Å²) < 4.78 is 40.3. The van der Waals surface area contributed by atoms with Gasteiger partial charge in [-0.25, -0.2) is 0 Å². The number of ketones is 1. The second-order valence-electron chi connectivity index (χ2n) is 4.46. The third-order valence-corrected chi connectivity index (χ3v) is 2.95. The summed E-state index contributed by atoms with van der Waals surface area (Å²) >= 11 is 0. The van der Waals surface area contributed by atoms with Crippen molar-refractivity contribution in [3.63, 3.8) is 0 Å². The van der Waals surface area contributed by atoms with E-state index in [4.69, 9.17) is 0 Å². The number of ether oxygens (including phenoxy) is 1. The van der Waals surface area contributed by atoms with Crippen LogP contribution in [0.1, 0.15) is 28.4 Å². The number of carbonyl (C=O) groups is 1. The molecule has 0 atom stereocenters. The summed E-state index contributed by atoms with van der Waals surface area (Å²) in [4.78, 5) is 12.2. The van der Waals surface area contributed by atoms with Gasteiger partial charge in [-0.1, -0.05) is 43.3 Å². The van der Waals surface area contributed by atoms with Crippen molar-refractivity contribution < 1.29 is 22.7 Å². The van der Waals surface area contributed by atoms with Gasteiger partial charge in [-0.05, 0) is 24.1 Å². The Bertz CT molecular complexity index is 631. The highest BCUT2D eigenvalue weighted by Crippen LogP contribution is 2.24. The quantitative estimate of drug-likeness (QED) is 0.782. The molecule has 0 unspecified atom stereocenters. The molecule has 2 nitrogen and oxygen atoms in total. The fraction of sp³-hybridized carbons (Fsp3) is 0.188. The average Bonchev–Trinajstić information content (AvgIpc) is 2.45. The highest BCUT2D eigenvalue weighted by molar-refractivity contribution is 6.09. The predicted octanol–water partition coefficient (Wildman–Crippen LogP) is 4.38. The summed E-state index contributed by atoms with van der Waals surface area (Å²) in [7, 11) is 0. The molecule has 21 heavy (non-hydrogen) atoms. The van der Waals surface area contributed by atoms with Gasteiger partial charge in [-0.15, -0.1) is 13.2 Å². The molecule has 0 amide bonds. The maximum absolute atomic E-state index is 12.2. The van der Waals surface area contributed by atoms with Crippen LogP contribution in [0.15, 0.2) is 48.5 Å². The molecular formula is C16H13F3O2. The first kappa shape index (κ1) is 15.1. The highest BCUT2D eigenvalue weighted by atomic mass is 19.4. The highest BCUT2D eigenvalue weighted by Gasteiger charge is 2.31. The summed E-state index contributed by atoms with van der Waals surface area (Å²) in [5.74, 6) is -0.746. The molecule has 0 saturated heterocycles. The number of hydrogen-bond acceptors (Lipinski definition) is 2. The summed E-state index contributed by atoms with van der Waals surface area (Å²) in [5, 5.41) is 0. The number of halogens is 3. The van der Waals surface area contributed by atoms with Gasteiger partial charge in [0.25, 0.3) is 0 Å². The molecule has 2 rings (SSSR count). The van der Waals surface area contributed by atoms with Crippen LogP contribution in [0, 0.1) is 0 Å². The number of hydrogen-bond donors (Lipinski definition) is 0. The minimum absolute atomic E-state index is 0.154. The maximum Gasteiger partial charge on any atom is 0.573 e. The molecule has 0 aromatic heterocycles. The van der Waals surface area contributed by atoms with Crippen LogP contribution in [0.25, 0.3) is 0 Å². The van der Waals surface area contributed by atoms with Crippen molar-refractivity contribution in [1.29, 1.82) is 0 Å². The van der Waals surface area contributed by atoms with Crippen LogP contribution in [0.2, 0.25) is 0 Å². The Kier molecular flexibility index (Phi) is 4.31. The standard InChI is InChI=1S/C16H13F3O2/c1-2-11-6-8-12(9-7-11)15(20)13-4-3-5-14(10-13)21-16(17,18)19/h3-10H,2H2,1H3. The van der Waals surface area contributed by atoms with Crippen LogP contribution in [-0.2, 0) is 6.42 Å². The molecular weight excluding hydrogens is 281 g/mol. The number of rotatable bonds is 4. The molecule has 5 heteroatoms. The van der Waals surface area contributed by atoms with Gasteiger partial charge in [0, 0.05) is 11.1 Å². The molecule has 0 radical (unpaired) electrons. The summed E-state index contributed by atoms with van der Waals surface area (Å²) in [5.41, 5.74) is 1.66. The first-order valence-corrected chi connectivity index (χ1v) is 6.38. The van der Waals surface area contributed by atoms with Gasteiger partial charge in [0.15, 0.2) is 5.78 Å². The van der Waals surface area contributed by atoms with Crippen LogP contribution in [-0.4, -0.2) is 12.1 Å². The van der Waals surface area contributed by atoms with Gasteiger partial charge < -0.3 is 4.74 Å². The summed E-state index contributed by atoms with van der Waals surface area (Å²) in [6.45, 7) is 1.99. The summed E-state index contributed by atoms with van der Waals surface area (Å²) in [6.07, 6.45) is -3.92. The molecule has 0 spiro atoms. The topological polar surface area (TPSA) is 26.3 Å². The Hall–Kier alpha value is -2.30. The first-order valence-electron chi connectivity index (χ1n) is 6.38. The van der Waals surface area contributed by atoms with E-state index >= 15 is 0 Å². The molecule has 0 fully saturated rings. The van der Waals surface area contributed by atoms with Crippen molar-refractivity contribution >= 4 is 5.78 Å². The molecule has 2 aromatic rings. The lowest BCUT2D eigenvalue weighted by molar-refractivity contribution is -0.274. The average molecular weight is 294 g/mol. The SMILES string of the molecule is CCc1ccc(C(=O)c2cccc(OC(F)(F)F)c2)cc1. The molecule has 0 heterocycles. The Labute approximate surface area is 120 Å². The number of benzene rings is 2. The number of aryl methyl sites for hydroxylation is 1. The lowest BCUT2D eigenvalue weighted by Crippen LogP contribution is -2.17. The molecule has 110 valence electrons. The van der Waals surface area contributed by atoms with E-state index < -0.39 is 12.1 Å². The van der Waals surface area contributed by atoms with Crippen LogP contribution in [0.4, 0.5) is 13.2 Å². The number of alkyl halides is 3. The molecule has 0 bridgehead atoms. The Morgan fingerprint density at radius 1 is 1.05 bits per heavy atom.